The number of hydrogen-bond donors (Lipinski definition) is 2. The third-order valence-electron chi connectivity index (χ3n) is 8.30. The second-order valence-electron chi connectivity index (χ2n) is 11.1. The van der Waals surface area contributed by atoms with E-state index in [4.69, 9.17) is 36.1 Å². The van der Waals surface area contributed by atoms with E-state index in [0.29, 0.717) is 46.3 Å². The van der Waals surface area contributed by atoms with Gasteiger partial charge in [-0.1, -0.05) is 11.6 Å². The molecule has 10 heteroatoms. The Bertz CT molecular complexity index is 1950. The molecule has 5 rings (SSSR count). The van der Waals surface area contributed by atoms with Crippen LogP contribution in [0.2, 0.25) is 0 Å². The van der Waals surface area contributed by atoms with Crippen LogP contribution in [-0.2, 0) is 19.1 Å². The van der Waals surface area contributed by atoms with Crippen molar-refractivity contribution < 1.29 is 24.2 Å². The number of rotatable bonds is 7. The second kappa shape index (κ2) is 13.1. The lowest BCUT2D eigenvalue weighted by molar-refractivity contribution is -0.141. The van der Waals surface area contributed by atoms with Crippen molar-refractivity contribution >= 4 is 52.8 Å². The monoisotopic (exact) mass is 626 g/mol. The van der Waals surface area contributed by atoms with E-state index in [-0.39, 0.29) is 24.8 Å². The zero-order valence-corrected chi connectivity index (χ0v) is 26.9. The summed E-state index contributed by atoms with van der Waals surface area (Å²) in [4.78, 5) is 42.8. The topological polar surface area (TPSA) is 126 Å². The summed E-state index contributed by atoms with van der Waals surface area (Å²) in [6.45, 7) is 7.93. The van der Waals surface area contributed by atoms with Crippen molar-refractivity contribution in [2.24, 2.45) is 15.0 Å². The van der Waals surface area contributed by atoms with Crippen molar-refractivity contribution in [1.82, 2.24) is 4.98 Å². The van der Waals surface area contributed by atoms with Gasteiger partial charge in [-0.25, -0.2) is 15.0 Å². The molecular weight excluding hydrogens is 592 g/mol. The van der Waals surface area contributed by atoms with Crippen LogP contribution in [0.5, 0.6) is 0 Å². The minimum absolute atomic E-state index is 0.179. The average molecular weight is 627 g/mol. The summed E-state index contributed by atoms with van der Waals surface area (Å²) in [5.41, 5.74) is 10.3. The van der Waals surface area contributed by atoms with Crippen molar-refractivity contribution in [2.45, 2.75) is 53.4 Å². The number of allylic oxidation sites excluding steroid dienone is 11. The van der Waals surface area contributed by atoms with Crippen LogP contribution in [0.4, 0.5) is 0 Å². The number of halogens is 1. The number of aliphatic imine (C=N–C) groups is 3. The SMILES string of the molecule is COC(=O)CCC1=C(C)C2=NC1=CC1=NC(=CC3=NC(=C(C)/C3=C(Cl)\C=C\O)C=c3cc(C)c([nH]3)=C2)C(C)=C1CCC(=O)OC. The molecule has 8 bridgehead atoms. The molecular formula is C35H35ClN4O5. The lowest BCUT2D eigenvalue weighted by Crippen LogP contribution is -2.13. The molecule has 4 aliphatic rings. The fourth-order valence-electron chi connectivity index (χ4n) is 5.72. The molecule has 0 saturated heterocycles. The number of fused-ring (bicyclic) bond motifs is 5. The highest BCUT2D eigenvalue weighted by Crippen LogP contribution is 2.37. The highest BCUT2D eigenvalue weighted by atomic mass is 35.5. The number of esters is 2. The zero-order chi connectivity index (χ0) is 32.4. The first-order valence-electron chi connectivity index (χ1n) is 14.6. The lowest BCUT2D eigenvalue weighted by Gasteiger charge is -2.08. The van der Waals surface area contributed by atoms with Gasteiger partial charge in [0.15, 0.2) is 0 Å². The van der Waals surface area contributed by atoms with E-state index < -0.39 is 0 Å². The van der Waals surface area contributed by atoms with Gasteiger partial charge in [0.2, 0.25) is 0 Å². The number of carbonyl (C=O) groups excluding carboxylic acids is 2. The van der Waals surface area contributed by atoms with Crippen LogP contribution in [0.1, 0.15) is 52.0 Å². The zero-order valence-electron chi connectivity index (χ0n) is 26.2. The molecule has 0 amide bonds. The maximum absolute atomic E-state index is 12.2. The Kier molecular flexibility index (Phi) is 9.20. The summed E-state index contributed by atoms with van der Waals surface area (Å²) in [6.07, 6.45) is 11.3. The van der Waals surface area contributed by atoms with Gasteiger partial charge < -0.3 is 19.6 Å². The summed E-state index contributed by atoms with van der Waals surface area (Å²) < 4.78 is 9.84. The lowest BCUT2D eigenvalue weighted by atomic mass is 9.96. The Balaban J connectivity index is 1.78. The molecule has 0 spiro atoms. The number of ether oxygens (including phenoxy) is 2. The Labute approximate surface area is 266 Å². The maximum atomic E-state index is 12.2. The molecule has 4 aliphatic heterocycles. The molecule has 0 saturated carbocycles. The van der Waals surface area contributed by atoms with E-state index in [0.717, 1.165) is 61.8 Å². The maximum Gasteiger partial charge on any atom is 0.305 e. The average Bonchev–Trinajstić information content (AvgIpc) is 3.69. The number of nitrogens with zero attached hydrogens (tertiary/aromatic N) is 3. The highest BCUT2D eigenvalue weighted by Gasteiger charge is 2.27. The fourth-order valence-corrected chi connectivity index (χ4v) is 6.02. The standard InChI is InChI=1S/C35H35ClN4O5/c1-18-13-22-14-27-21(4)35(25(36)11-12-41)32(40-27)16-29-20(3)24(8-10-34(43)45-6)31(39-29)17-30-23(7-9-33(42)44-5)19(2)28(38-30)15-26(18)37-22/h11-17,37,41H,7-10H2,1-6H3/b12-11+,22-14?,26-15?,29-16?,30-17?,35-25-. The van der Waals surface area contributed by atoms with E-state index in [2.05, 4.69) is 4.98 Å². The number of aromatic nitrogens is 1. The Morgan fingerprint density at radius 1 is 0.822 bits per heavy atom. The van der Waals surface area contributed by atoms with E-state index in [9.17, 15) is 14.7 Å². The van der Waals surface area contributed by atoms with Crippen LogP contribution < -0.4 is 10.7 Å². The minimum atomic E-state index is -0.322. The van der Waals surface area contributed by atoms with Crippen molar-refractivity contribution in [3.63, 3.8) is 0 Å². The van der Waals surface area contributed by atoms with Gasteiger partial charge in [0.05, 0.1) is 59.7 Å². The molecule has 232 valence electrons. The number of H-pyrrole nitrogens is 1. The van der Waals surface area contributed by atoms with Gasteiger partial charge in [0, 0.05) is 29.1 Å². The first kappa shape index (κ1) is 31.7. The normalized spacial score (nSPS) is 18.8. The van der Waals surface area contributed by atoms with Crippen LogP contribution >= 0.6 is 11.6 Å². The number of aromatic amines is 1. The third kappa shape index (κ3) is 6.40. The summed E-state index contributed by atoms with van der Waals surface area (Å²) in [5, 5.41) is 11.6. The van der Waals surface area contributed by atoms with Crippen molar-refractivity contribution in [1.29, 1.82) is 0 Å². The molecule has 0 radical (unpaired) electrons. The molecule has 0 aliphatic carbocycles. The molecule has 0 atom stereocenters. The number of aliphatic hydroxyl groups is 1. The van der Waals surface area contributed by atoms with E-state index >= 15 is 0 Å². The number of aryl methyl sites for hydroxylation is 1. The molecule has 9 nitrogen and oxygen atoms in total. The predicted molar refractivity (Wildman–Crippen MR) is 177 cm³/mol. The largest absolute Gasteiger partial charge is 0.516 e. The van der Waals surface area contributed by atoms with E-state index in [1.165, 1.54) is 20.3 Å². The van der Waals surface area contributed by atoms with Crippen molar-refractivity contribution in [2.75, 3.05) is 14.2 Å². The summed E-state index contributed by atoms with van der Waals surface area (Å²) >= 11 is 6.67. The number of aliphatic hydroxyl groups excluding tert-OH is 1. The van der Waals surface area contributed by atoms with Crippen molar-refractivity contribution in [3.8, 4) is 0 Å². The summed E-state index contributed by atoms with van der Waals surface area (Å²) in [5.74, 6) is -0.625. The van der Waals surface area contributed by atoms with Crippen LogP contribution in [0.3, 0.4) is 0 Å². The van der Waals surface area contributed by atoms with Gasteiger partial charge in [-0.2, -0.15) is 0 Å². The molecule has 0 aromatic carbocycles. The van der Waals surface area contributed by atoms with Crippen LogP contribution in [-0.4, -0.2) is 53.4 Å². The Hall–Kier alpha value is -4.76. The van der Waals surface area contributed by atoms with E-state index in [1.54, 1.807) is 0 Å². The van der Waals surface area contributed by atoms with Gasteiger partial charge >= 0.3 is 11.9 Å². The highest BCUT2D eigenvalue weighted by molar-refractivity contribution is 6.36. The molecule has 1 aromatic rings. The molecule has 45 heavy (non-hydrogen) atoms. The van der Waals surface area contributed by atoms with Crippen LogP contribution in [0.25, 0.3) is 12.2 Å². The van der Waals surface area contributed by atoms with Gasteiger partial charge in [-0.15, -0.1) is 0 Å². The quantitative estimate of drug-likeness (QED) is 0.309. The number of hydrogen-bond acceptors (Lipinski definition) is 8. The molecule has 0 fully saturated rings. The third-order valence-corrected chi connectivity index (χ3v) is 8.61. The number of nitrogens with one attached hydrogen (secondary N) is 1. The molecule has 0 unspecified atom stereocenters. The van der Waals surface area contributed by atoms with Gasteiger partial charge in [-0.05, 0) is 110 Å². The summed E-state index contributed by atoms with van der Waals surface area (Å²) in [6, 6.07) is 2.05. The second-order valence-corrected chi connectivity index (χ2v) is 11.5. The first-order valence-corrected chi connectivity index (χ1v) is 15.0. The van der Waals surface area contributed by atoms with Gasteiger partial charge in [0.25, 0.3) is 0 Å². The Morgan fingerprint density at radius 2 is 1.47 bits per heavy atom. The summed E-state index contributed by atoms with van der Waals surface area (Å²) in [7, 11) is 2.75. The fraction of sp³-hybridized carbons (Fsp3) is 0.286. The number of methoxy groups -OCH3 is 2. The first-order chi connectivity index (χ1) is 21.5. The van der Waals surface area contributed by atoms with Crippen molar-refractivity contribution in [3.05, 3.63) is 102 Å². The number of carbonyl (C=O) groups is 2. The van der Waals surface area contributed by atoms with Crippen LogP contribution in [0.15, 0.2) is 101 Å². The smallest absolute Gasteiger partial charge is 0.305 e. The van der Waals surface area contributed by atoms with Crippen LogP contribution in [0, 0.1) is 6.92 Å². The molecule has 1 aromatic heterocycles. The van der Waals surface area contributed by atoms with E-state index in [1.807, 2.05) is 58.1 Å². The van der Waals surface area contributed by atoms with Gasteiger partial charge in [-0.3, -0.25) is 9.59 Å². The minimum Gasteiger partial charge on any atom is -0.516 e. The molecule has 2 N–H and O–H groups in total. The van der Waals surface area contributed by atoms with Gasteiger partial charge in [0.1, 0.15) is 0 Å². The molecule has 5 heterocycles. The Morgan fingerprint density at radius 3 is 2.13 bits per heavy atom. The predicted octanol–water partition coefficient (Wildman–Crippen LogP) is 5.41.